The van der Waals surface area contributed by atoms with Crippen LogP contribution in [0.15, 0.2) is 18.3 Å². The summed E-state index contributed by atoms with van der Waals surface area (Å²) >= 11 is 0. The van der Waals surface area contributed by atoms with E-state index in [4.69, 9.17) is 4.74 Å². The molecule has 1 aliphatic heterocycles. The molecule has 6 heteroatoms. The number of hydrogen-bond donors (Lipinski definition) is 0. The number of carbonyl (C=O) groups is 1. The van der Waals surface area contributed by atoms with Crippen molar-refractivity contribution >= 4 is 11.6 Å². The first kappa shape index (κ1) is 15.6. The first-order valence-electron chi connectivity index (χ1n) is 8.67. The number of aryl methyl sites for hydroxylation is 1. The topological polar surface area (TPSA) is 46.8 Å². The van der Waals surface area contributed by atoms with Crippen LogP contribution in [0.1, 0.15) is 41.7 Å². The van der Waals surface area contributed by atoms with E-state index >= 15 is 0 Å². The van der Waals surface area contributed by atoms with Gasteiger partial charge >= 0.3 is 0 Å². The number of imidazole rings is 1. The van der Waals surface area contributed by atoms with Crippen LogP contribution in [0.25, 0.3) is 5.65 Å². The zero-order chi connectivity index (χ0) is 16.7. The molecule has 2 fully saturated rings. The van der Waals surface area contributed by atoms with Crippen LogP contribution >= 0.6 is 0 Å². The van der Waals surface area contributed by atoms with Crippen LogP contribution in [-0.2, 0) is 4.74 Å². The highest BCUT2D eigenvalue weighted by Crippen LogP contribution is 2.31. The molecule has 1 amide bonds. The number of fused-ring (bicyclic) bond motifs is 1. The molecule has 0 aromatic carbocycles. The lowest BCUT2D eigenvalue weighted by molar-refractivity contribution is 0.0507. The Morgan fingerprint density at radius 2 is 2.21 bits per heavy atom. The molecule has 24 heavy (non-hydrogen) atoms. The van der Waals surface area contributed by atoms with E-state index in [1.54, 1.807) is 17.2 Å². The number of ether oxygens (including phenoxy) is 1. The molecular weight excluding hydrogens is 309 g/mol. The van der Waals surface area contributed by atoms with Crippen LogP contribution in [0.5, 0.6) is 0 Å². The van der Waals surface area contributed by atoms with Gasteiger partial charge in [-0.05, 0) is 50.2 Å². The molecule has 1 aliphatic carbocycles. The molecule has 2 aromatic heterocycles. The smallest absolute Gasteiger partial charge is 0.277 e. The molecular formula is C18H22FN3O2. The SMILES string of the molecule is Cc1ccc2nc(C(=O)N(CC3CC3)C[C@@H]3CCCO3)c(F)n2c1. The number of halogens is 1. The van der Waals surface area contributed by atoms with E-state index in [2.05, 4.69) is 4.98 Å². The fraction of sp³-hybridized carbons (Fsp3) is 0.556. The molecule has 2 aromatic rings. The number of amides is 1. The van der Waals surface area contributed by atoms with Crippen molar-refractivity contribution in [1.29, 1.82) is 0 Å². The van der Waals surface area contributed by atoms with E-state index < -0.39 is 5.95 Å². The van der Waals surface area contributed by atoms with Gasteiger partial charge in [0.2, 0.25) is 5.95 Å². The van der Waals surface area contributed by atoms with Crippen molar-refractivity contribution in [3.8, 4) is 0 Å². The number of rotatable bonds is 5. The van der Waals surface area contributed by atoms with Crippen molar-refractivity contribution < 1.29 is 13.9 Å². The Morgan fingerprint density at radius 3 is 2.92 bits per heavy atom. The van der Waals surface area contributed by atoms with Crippen molar-refractivity contribution in [3.05, 3.63) is 35.5 Å². The molecule has 1 atom stereocenters. The van der Waals surface area contributed by atoms with E-state index in [1.807, 2.05) is 13.0 Å². The monoisotopic (exact) mass is 331 g/mol. The van der Waals surface area contributed by atoms with Crippen LogP contribution in [0.4, 0.5) is 4.39 Å². The molecule has 5 nitrogen and oxygen atoms in total. The van der Waals surface area contributed by atoms with Gasteiger partial charge in [-0.25, -0.2) is 4.98 Å². The van der Waals surface area contributed by atoms with Gasteiger partial charge < -0.3 is 9.64 Å². The lowest BCUT2D eigenvalue weighted by atomic mass is 10.2. The zero-order valence-corrected chi connectivity index (χ0v) is 13.9. The number of pyridine rings is 1. The number of carbonyl (C=O) groups excluding carboxylic acids is 1. The van der Waals surface area contributed by atoms with Gasteiger partial charge in [0.1, 0.15) is 5.65 Å². The lowest BCUT2D eigenvalue weighted by Gasteiger charge is -2.24. The molecule has 1 saturated carbocycles. The van der Waals surface area contributed by atoms with E-state index in [-0.39, 0.29) is 17.7 Å². The fourth-order valence-corrected chi connectivity index (χ4v) is 3.29. The third kappa shape index (κ3) is 3.02. The molecule has 1 saturated heterocycles. The van der Waals surface area contributed by atoms with E-state index in [9.17, 15) is 9.18 Å². The van der Waals surface area contributed by atoms with Crippen molar-refractivity contribution in [3.63, 3.8) is 0 Å². The van der Waals surface area contributed by atoms with Gasteiger partial charge in [-0.3, -0.25) is 9.20 Å². The molecule has 0 N–H and O–H groups in total. The van der Waals surface area contributed by atoms with Gasteiger partial charge in [0, 0.05) is 25.9 Å². The average Bonchev–Trinajstić information content (AvgIpc) is 3.12. The van der Waals surface area contributed by atoms with Gasteiger partial charge in [-0.15, -0.1) is 0 Å². The summed E-state index contributed by atoms with van der Waals surface area (Å²) in [5, 5.41) is 0. The summed E-state index contributed by atoms with van der Waals surface area (Å²) in [7, 11) is 0. The van der Waals surface area contributed by atoms with Crippen LogP contribution in [-0.4, -0.2) is 46.0 Å². The highest BCUT2D eigenvalue weighted by Gasteiger charge is 2.32. The first-order chi connectivity index (χ1) is 11.6. The van der Waals surface area contributed by atoms with Gasteiger partial charge in [0.25, 0.3) is 5.91 Å². The third-order valence-corrected chi connectivity index (χ3v) is 4.82. The zero-order valence-electron chi connectivity index (χ0n) is 13.9. The molecule has 3 heterocycles. The molecule has 0 spiro atoms. The third-order valence-electron chi connectivity index (χ3n) is 4.82. The van der Waals surface area contributed by atoms with Crippen molar-refractivity contribution in [1.82, 2.24) is 14.3 Å². The Hall–Kier alpha value is -1.95. The average molecular weight is 331 g/mol. The minimum atomic E-state index is -0.577. The molecule has 0 bridgehead atoms. The predicted octanol–water partition coefficient (Wildman–Crippen LogP) is 2.81. The Bertz CT molecular complexity index is 763. The van der Waals surface area contributed by atoms with Gasteiger partial charge in [0.05, 0.1) is 6.10 Å². The summed E-state index contributed by atoms with van der Waals surface area (Å²) in [4.78, 5) is 18.9. The number of hydrogen-bond acceptors (Lipinski definition) is 3. The summed E-state index contributed by atoms with van der Waals surface area (Å²) in [6, 6.07) is 3.60. The largest absolute Gasteiger partial charge is 0.376 e. The Kier molecular flexibility index (Phi) is 4.00. The van der Waals surface area contributed by atoms with E-state index in [1.165, 1.54) is 4.40 Å². The highest BCUT2D eigenvalue weighted by molar-refractivity contribution is 5.93. The quantitative estimate of drug-likeness (QED) is 0.846. The van der Waals surface area contributed by atoms with Crippen LogP contribution in [0.3, 0.4) is 0 Å². The van der Waals surface area contributed by atoms with Crippen molar-refractivity contribution in [2.75, 3.05) is 19.7 Å². The summed E-state index contributed by atoms with van der Waals surface area (Å²) < 4.78 is 21.7. The predicted molar refractivity (Wildman–Crippen MR) is 87.5 cm³/mol. The second kappa shape index (κ2) is 6.16. The van der Waals surface area contributed by atoms with Gasteiger partial charge in [-0.2, -0.15) is 4.39 Å². The summed E-state index contributed by atoms with van der Waals surface area (Å²) in [5.41, 5.74) is 1.30. The standard InChI is InChI=1S/C18H22FN3O2/c1-12-4-7-15-20-16(17(19)22(15)9-12)18(23)21(10-13-5-6-13)11-14-3-2-8-24-14/h4,7,9,13-14H,2-3,5-6,8,10-11H2,1H3/t14-/m0/s1. The van der Waals surface area contributed by atoms with Crippen molar-refractivity contribution in [2.24, 2.45) is 5.92 Å². The van der Waals surface area contributed by atoms with Gasteiger partial charge in [-0.1, -0.05) is 6.07 Å². The van der Waals surface area contributed by atoms with Crippen LogP contribution in [0.2, 0.25) is 0 Å². The summed E-state index contributed by atoms with van der Waals surface area (Å²) in [5.74, 6) is -0.360. The number of aromatic nitrogens is 2. The fourth-order valence-electron chi connectivity index (χ4n) is 3.29. The summed E-state index contributed by atoms with van der Waals surface area (Å²) in [6.45, 7) is 3.84. The minimum absolute atomic E-state index is 0.0648. The molecule has 0 unspecified atom stereocenters. The highest BCUT2D eigenvalue weighted by atomic mass is 19.1. The lowest BCUT2D eigenvalue weighted by Crippen LogP contribution is -2.39. The second-order valence-corrected chi connectivity index (χ2v) is 6.97. The Morgan fingerprint density at radius 1 is 1.38 bits per heavy atom. The molecule has 0 radical (unpaired) electrons. The van der Waals surface area contributed by atoms with Crippen LogP contribution < -0.4 is 0 Å². The van der Waals surface area contributed by atoms with E-state index in [0.717, 1.165) is 37.9 Å². The maximum atomic E-state index is 14.7. The van der Waals surface area contributed by atoms with E-state index in [0.29, 0.717) is 24.7 Å². The Balaban J connectivity index is 1.61. The maximum absolute atomic E-state index is 14.7. The number of nitrogens with zero attached hydrogens (tertiary/aromatic N) is 3. The molecule has 2 aliphatic rings. The second-order valence-electron chi connectivity index (χ2n) is 6.97. The van der Waals surface area contributed by atoms with Crippen LogP contribution in [0, 0.1) is 18.8 Å². The van der Waals surface area contributed by atoms with Crippen molar-refractivity contribution in [2.45, 2.75) is 38.7 Å². The maximum Gasteiger partial charge on any atom is 0.277 e. The molecule has 4 rings (SSSR count). The minimum Gasteiger partial charge on any atom is -0.376 e. The first-order valence-corrected chi connectivity index (χ1v) is 8.67. The normalized spacial score (nSPS) is 20.7. The molecule has 128 valence electrons. The van der Waals surface area contributed by atoms with Gasteiger partial charge in [0.15, 0.2) is 5.69 Å². The Labute approximate surface area is 140 Å². The summed E-state index contributed by atoms with van der Waals surface area (Å²) in [6.07, 6.45) is 6.00.